The summed E-state index contributed by atoms with van der Waals surface area (Å²) in [6.07, 6.45) is 0.729. The molecule has 3 rings (SSSR count). The van der Waals surface area contributed by atoms with Gasteiger partial charge in [-0.05, 0) is 49.8 Å². The van der Waals surface area contributed by atoms with Crippen molar-refractivity contribution in [1.82, 2.24) is 9.80 Å². The van der Waals surface area contributed by atoms with E-state index in [0.717, 1.165) is 31.6 Å². The fourth-order valence-corrected chi connectivity index (χ4v) is 4.32. The van der Waals surface area contributed by atoms with Gasteiger partial charge in [0.1, 0.15) is 11.5 Å². The number of aliphatic hydroxyl groups is 1. The van der Waals surface area contributed by atoms with Crippen molar-refractivity contribution in [3.8, 4) is 5.75 Å². The lowest BCUT2D eigenvalue weighted by Crippen LogP contribution is -2.33. The minimum atomic E-state index is -0.689. The van der Waals surface area contributed by atoms with Gasteiger partial charge in [0, 0.05) is 12.1 Å². The summed E-state index contributed by atoms with van der Waals surface area (Å²) in [5.41, 5.74) is 1.21. The maximum Gasteiger partial charge on any atom is 0.295 e. The number of hydrogen-bond donors (Lipinski definition) is 1. The SMILES string of the molecule is CCN(CC)CCCN1C(=O)C(=O)/C(=C(/O)c2ccc(OC)c(Cl)c2)[C@H]1c1ccccc1. The van der Waals surface area contributed by atoms with Crippen LogP contribution in [0.15, 0.2) is 54.1 Å². The number of carbonyl (C=O) groups excluding carboxylic acids is 2. The quantitative estimate of drug-likeness (QED) is 0.341. The number of carbonyl (C=O) groups is 2. The van der Waals surface area contributed by atoms with Crippen LogP contribution in [0.4, 0.5) is 0 Å². The first-order chi connectivity index (χ1) is 15.4. The lowest BCUT2D eigenvalue weighted by atomic mass is 9.95. The molecule has 0 aromatic heterocycles. The van der Waals surface area contributed by atoms with Crippen molar-refractivity contribution >= 4 is 29.1 Å². The third-order valence-electron chi connectivity index (χ3n) is 5.85. The maximum atomic E-state index is 13.1. The van der Waals surface area contributed by atoms with Crippen molar-refractivity contribution in [3.63, 3.8) is 0 Å². The van der Waals surface area contributed by atoms with E-state index in [-0.39, 0.29) is 11.3 Å². The number of ether oxygens (including phenoxy) is 1. The van der Waals surface area contributed by atoms with E-state index in [4.69, 9.17) is 16.3 Å². The Kier molecular flexibility index (Phi) is 7.94. The van der Waals surface area contributed by atoms with Gasteiger partial charge in [0.2, 0.25) is 0 Å². The Morgan fingerprint density at radius 1 is 1.12 bits per heavy atom. The zero-order valence-electron chi connectivity index (χ0n) is 18.7. The fourth-order valence-electron chi connectivity index (χ4n) is 4.07. The van der Waals surface area contributed by atoms with Gasteiger partial charge in [-0.2, -0.15) is 0 Å². The van der Waals surface area contributed by atoms with Crippen molar-refractivity contribution in [2.75, 3.05) is 33.3 Å². The van der Waals surface area contributed by atoms with Crippen LogP contribution in [0.2, 0.25) is 5.02 Å². The van der Waals surface area contributed by atoms with Gasteiger partial charge >= 0.3 is 0 Å². The molecule has 0 bridgehead atoms. The number of ketones is 1. The Bertz CT molecular complexity index is 1000. The standard InChI is InChI=1S/C25H29ClN2O4/c1-4-27(5-2)14-9-15-28-22(17-10-7-6-8-11-17)21(24(30)25(28)31)23(29)18-12-13-20(32-3)19(26)16-18/h6-8,10-13,16,22,29H,4-5,9,14-15H2,1-3H3/b23-21+/t22-/m1/s1. The summed E-state index contributed by atoms with van der Waals surface area (Å²) < 4.78 is 5.17. The molecule has 0 saturated carbocycles. The van der Waals surface area contributed by atoms with E-state index in [0.29, 0.717) is 22.9 Å². The molecule has 1 aliphatic heterocycles. The molecule has 1 N–H and O–H groups in total. The molecule has 1 aliphatic rings. The number of rotatable bonds is 9. The van der Waals surface area contributed by atoms with E-state index >= 15 is 0 Å². The molecular weight excluding hydrogens is 428 g/mol. The Morgan fingerprint density at radius 2 is 1.81 bits per heavy atom. The molecule has 7 heteroatoms. The van der Waals surface area contributed by atoms with Crippen LogP contribution >= 0.6 is 11.6 Å². The minimum absolute atomic E-state index is 0.0743. The van der Waals surface area contributed by atoms with Gasteiger partial charge in [-0.25, -0.2) is 0 Å². The first-order valence-corrected chi connectivity index (χ1v) is 11.2. The summed E-state index contributed by atoms with van der Waals surface area (Å²) in [5, 5.41) is 11.4. The van der Waals surface area contributed by atoms with Gasteiger partial charge in [-0.15, -0.1) is 0 Å². The molecule has 1 atom stereocenters. The van der Waals surface area contributed by atoms with E-state index in [1.165, 1.54) is 13.2 Å². The van der Waals surface area contributed by atoms with Gasteiger partial charge in [0.25, 0.3) is 11.7 Å². The smallest absolute Gasteiger partial charge is 0.295 e. The average Bonchev–Trinajstić information content (AvgIpc) is 3.06. The number of benzene rings is 2. The molecule has 0 spiro atoms. The number of halogens is 1. The molecule has 0 unspecified atom stereocenters. The number of aliphatic hydroxyl groups excluding tert-OH is 1. The second-order valence-electron chi connectivity index (χ2n) is 7.63. The number of amides is 1. The van der Waals surface area contributed by atoms with Crippen molar-refractivity contribution < 1.29 is 19.4 Å². The van der Waals surface area contributed by atoms with Crippen LogP contribution < -0.4 is 4.74 Å². The Morgan fingerprint density at radius 3 is 2.41 bits per heavy atom. The Labute approximate surface area is 194 Å². The first kappa shape index (κ1) is 23.8. The molecule has 2 aromatic rings. The second kappa shape index (κ2) is 10.7. The topological polar surface area (TPSA) is 70.1 Å². The van der Waals surface area contributed by atoms with E-state index < -0.39 is 17.7 Å². The molecule has 6 nitrogen and oxygen atoms in total. The molecule has 2 aromatic carbocycles. The summed E-state index contributed by atoms with van der Waals surface area (Å²) in [4.78, 5) is 29.9. The average molecular weight is 457 g/mol. The Balaban J connectivity index is 2.02. The monoisotopic (exact) mass is 456 g/mol. The molecule has 1 saturated heterocycles. The van der Waals surface area contributed by atoms with E-state index in [9.17, 15) is 14.7 Å². The van der Waals surface area contributed by atoms with Crippen LogP contribution in [-0.4, -0.2) is 59.9 Å². The lowest BCUT2D eigenvalue weighted by Gasteiger charge is -2.26. The third kappa shape index (κ3) is 4.81. The zero-order chi connectivity index (χ0) is 23.3. The van der Waals surface area contributed by atoms with Crippen LogP contribution in [0.25, 0.3) is 5.76 Å². The molecule has 32 heavy (non-hydrogen) atoms. The molecular formula is C25H29ClN2O4. The minimum Gasteiger partial charge on any atom is -0.507 e. The summed E-state index contributed by atoms with van der Waals surface area (Å²) in [7, 11) is 1.50. The van der Waals surface area contributed by atoms with E-state index in [2.05, 4.69) is 18.7 Å². The molecule has 1 fully saturated rings. The lowest BCUT2D eigenvalue weighted by molar-refractivity contribution is -0.140. The fraction of sp³-hybridized carbons (Fsp3) is 0.360. The number of likely N-dealkylation sites (tertiary alicyclic amines) is 1. The zero-order valence-corrected chi connectivity index (χ0v) is 19.4. The number of nitrogens with zero attached hydrogens (tertiary/aromatic N) is 2. The third-order valence-corrected chi connectivity index (χ3v) is 6.14. The summed E-state index contributed by atoms with van der Waals surface area (Å²) in [6.45, 7) is 7.29. The number of methoxy groups -OCH3 is 1. The van der Waals surface area contributed by atoms with Crippen LogP contribution in [0.3, 0.4) is 0 Å². The van der Waals surface area contributed by atoms with Gasteiger partial charge in [-0.1, -0.05) is 55.8 Å². The normalized spacial score (nSPS) is 17.9. The highest BCUT2D eigenvalue weighted by atomic mass is 35.5. The first-order valence-electron chi connectivity index (χ1n) is 10.8. The highest BCUT2D eigenvalue weighted by Crippen LogP contribution is 2.40. The van der Waals surface area contributed by atoms with Crippen molar-refractivity contribution in [3.05, 3.63) is 70.3 Å². The van der Waals surface area contributed by atoms with E-state index in [1.807, 2.05) is 30.3 Å². The van der Waals surface area contributed by atoms with Gasteiger partial charge in [0.15, 0.2) is 0 Å². The number of hydrogen-bond acceptors (Lipinski definition) is 5. The summed E-state index contributed by atoms with van der Waals surface area (Å²) in [5.74, 6) is -1.07. The van der Waals surface area contributed by atoms with Crippen LogP contribution in [0.1, 0.15) is 37.4 Å². The van der Waals surface area contributed by atoms with Crippen molar-refractivity contribution in [2.24, 2.45) is 0 Å². The van der Waals surface area contributed by atoms with Crippen LogP contribution in [-0.2, 0) is 9.59 Å². The van der Waals surface area contributed by atoms with E-state index in [1.54, 1.807) is 17.0 Å². The molecule has 170 valence electrons. The van der Waals surface area contributed by atoms with Gasteiger partial charge in [-0.3, -0.25) is 9.59 Å². The van der Waals surface area contributed by atoms with Crippen molar-refractivity contribution in [1.29, 1.82) is 0 Å². The highest BCUT2D eigenvalue weighted by Gasteiger charge is 2.45. The van der Waals surface area contributed by atoms with Crippen LogP contribution in [0.5, 0.6) is 5.75 Å². The predicted molar refractivity (Wildman–Crippen MR) is 126 cm³/mol. The van der Waals surface area contributed by atoms with Gasteiger partial charge < -0.3 is 19.6 Å². The molecule has 0 radical (unpaired) electrons. The summed E-state index contributed by atoms with van der Waals surface area (Å²) >= 11 is 6.23. The number of Topliss-reactive ketones (excluding diaryl/α,β-unsaturated/α-hetero) is 1. The van der Waals surface area contributed by atoms with Crippen molar-refractivity contribution in [2.45, 2.75) is 26.3 Å². The van der Waals surface area contributed by atoms with Gasteiger partial charge in [0.05, 0.1) is 23.7 Å². The molecule has 1 amide bonds. The maximum absolute atomic E-state index is 13.1. The largest absolute Gasteiger partial charge is 0.507 e. The highest BCUT2D eigenvalue weighted by molar-refractivity contribution is 6.46. The van der Waals surface area contributed by atoms with Crippen LogP contribution in [0, 0.1) is 0 Å². The summed E-state index contributed by atoms with van der Waals surface area (Å²) in [6, 6.07) is 13.4. The predicted octanol–water partition coefficient (Wildman–Crippen LogP) is 4.50. The Hall–Kier alpha value is -2.83. The second-order valence-corrected chi connectivity index (χ2v) is 8.04. The molecule has 1 heterocycles. The molecule has 0 aliphatic carbocycles.